The number of hydrogen-bond donors (Lipinski definition) is 2. The van der Waals surface area contributed by atoms with Gasteiger partial charge in [-0.2, -0.15) is 8.78 Å². The van der Waals surface area contributed by atoms with Gasteiger partial charge in [-0.05, 0) is 37.1 Å². The first-order valence-electron chi connectivity index (χ1n) is 6.13. The van der Waals surface area contributed by atoms with Crippen LogP contribution in [0.25, 0.3) is 0 Å². The van der Waals surface area contributed by atoms with Crippen LogP contribution in [-0.2, 0) is 9.53 Å². The van der Waals surface area contributed by atoms with Crippen molar-refractivity contribution in [3.05, 3.63) is 24.3 Å². The van der Waals surface area contributed by atoms with E-state index in [1.165, 1.54) is 12.1 Å². The van der Waals surface area contributed by atoms with Gasteiger partial charge >= 0.3 is 0 Å². The number of amides is 1. The monoisotopic (exact) mass is 304 g/mol. The second-order valence-electron chi connectivity index (χ2n) is 4.13. The number of carbonyl (C=O) groups is 1. The summed E-state index contributed by atoms with van der Waals surface area (Å²) >= 11 is 0.461. The van der Waals surface area contributed by atoms with Crippen LogP contribution in [0.2, 0.25) is 0 Å². The molecule has 1 amide bonds. The van der Waals surface area contributed by atoms with E-state index in [1.54, 1.807) is 19.2 Å². The number of halogens is 2. The number of hydrogen-bond acceptors (Lipinski definition) is 4. The summed E-state index contributed by atoms with van der Waals surface area (Å²) in [6.07, 6.45) is 1.23. The fraction of sp³-hybridized carbons (Fsp3) is 0.462. The number of nitrogens with two attached hydrogens (primary N) is 1. The number of alkyl halides is 2. The Morgan fingerprint density at radius 3 is 2.60 bits per heavy atom. The maximum atomic E-state index is 12.2. The molecule has 0 aliphatic rings. The maximum Gasteiger partial charge on any atom is 0.288 e. The van der Waals surface area contributed by atoms with Gasteiger partial charge in [0, 0.05) is 24.3 Å². The summed E-state index contributed by atoms with van der Waals surface area (Å²) in [7, 11) is 1.59. The van der Waals surface area contributed by atoms with Gasteiger partial charge < -0.3 is 15.8 Å². The molecule has 20 heavy (non-hydrogen) atoms. The third-order valence-electron chi connectivity index (χ3n) is 2.55. The van der Waals surface area contributed by atoms with Gasteiger partial charge in [0.05, 0.1) is 6.04 Å². The minimum absolute atomic E-state index is 0.296. The Balaban J connectivity index is 2.45. The molecule has 0 radical (unpaired) electrons. The van der Waals surface area contributed by atoms with Crippen LogP contribution in [0.15, 0.2) is 29.2 Å². The van der Waals surface area contributed by atoms with Crippen LogP contribution in [0.1, 0.15) is 12.8 Å². The van der Waals surface area contributed by atoms with E-state index in [0.717, 1.165) is 0 Å². The highest BCUT2D eigenvalue weighted by atomic mass is 32.2. The molecular formula is C13H18F2N2O2S. The minimum Gasteiger partial charge on any atom is -0.385 e. The van der Waals surface area contributed by atoms with Crippen LogP contribution < -0.4 is 11.1 Å². The van der Waals surface area contributed by atoms with E-state index < -0.39 is 11.8 Å². The zero-order valence-corrected chi connectivity index (χ0v) is 12.0. The van der Waals surface area contributed by atoms with Crippen LogP contribution in [0.3, 0.4) is 0 Å². The molecule has 0 saturated carbocycles. The molecule has 0 aliphatic heterocycles. The van der Waals surface area contributed by atoms with Crippen molar-refractivity contribution in [2.45, 2.75) is 29.5 Å². The first-order chi connectivity index (χ1) is 9.52. The molecule has 1 aromatic rings. The van der Waals surface area contributed by atoms with Crippen LogP contribution in [-0.4, -0.2) is 31.4 Å². The maximum absolute atomic E-state index is 12.2. The molecular weight excluding hydrogens is 286 g/mol. The average molecular weight is 304 g/mol. The van der Waals surface area contributed by atoms with Gasteiger partial charge in [0.2, 0.25) is 5.91 Å². The molecule has 0 spiro atoms. The second-order valence-corrected chi connectivity index (χ2v) is 5.20. The Kier molecular flexibility index (Phi) is 7.50. The lowest BCUT2D eigenvalue weighted by Crippen LogP contribution is -2.35. The van der Waals surface area contributed by atoms with Crippen LogP contribution in [0, 0.1) is 0 Å². The minimum atomic E-state index is -2.45. The summed E-state index contributed by atoms with van der Waals surface area (Å²) in [6, 6.07) is 5.60. The van der Waals surface area contributed by atoms with Crippen LogP contribution in [0.5, 0.6) is 0 Å². The highest BCUT2D eigenvalue weighted by Crippen LogP contribution is 2.26. The first-order valence-corrected chi connectivity index (χ1v) is 7.01. The number of carbonyl (C=O) groups excluding carboxylic acids is 1. The number of benzene rings is 1. The Hall–Kier alpha value is -1.18. The predicted molar refractivity (Wildman–Crippen MR) is 76.0 cm³/mol. The zero-order chi connectivity index (χ0) is 15.0. The average Bonchev–Trinajstić information content (AvgIpc) is 2.40. The molecule has 4 nitrogen and oxygen atoms in total. The van der Waals surface area contributed by atoms with Crippen LogP contribution in [0.4, 0.5) is 14.5 Å². The first kappa shape index (κ1) is 16.9. The van der Waals surface area contributed by atoms with Gasteiger partial charge in [-0.25, -0.2) is 0 Å². The van der Waals surface area contributed by atoms with E-state index >= 15 is 0 Å². The highest BCUT2D eigenvalue weighted by molar-refractivity contribution is 7.99. The third-order valence-corrected chi connectivity index (χ3v) is 3.27. The Bertz CT molecular complexity index is 415. The molecule has 0 heterocycles. The molecule has 0 fully saturated rings. The fourth-order valence-electron chi connectivity index (χ4n) is 1.53. The number of thioether (sulfide) groups is 1. The number of methoxy groups -OCH3 is 1. The van der Waals surface area contributed by atoms with Crippen molar-refractivity contribution in [3.63, 3.8) is 0 Å². The van der Waals surface area contributed by atoms with E-state index in [-0.39, 0.29) is 5.91 Å². The fourth-order valence-corrected chi connectivity index (χ4v) is 2.03. The molecule has 7 heteroatoms. The summed E-state index contributed by atoms with van der Waals surface area (Å²) in [5.41, 5.74) is 6.27. The molecule has 0 aliphatic carbocycles. The van der Waals surface area contributed by atoms with Crippen molar-refractivity contribution in [2.75, 3.05) is 19.0 Å². The lowest BCUT2D eigenvalue weighted by molar-refractivity contribution is -0.117. The Morgan fingerprint density at radius 1 is 1.40 bits per heavy atom. The van der Waals surface area contributed by atoms with Crippen molar-refractivity contribution < 1.29 is 18.3 Å². The smallest absolute Gasteiger partial charge is 0.288 e. The van der Waals surface area contributed by atoms with Gasteiger partial charge in [0.1, 0.15) is 0 Å². The Morgan fingerprint density at radius 2 is 2.05 bits per heavy atom. The van der Waals surface area contributed by atoms with Crippen LogP contribution >= 0.6 is 11.8 Å². The molecule has 112 valence electrons. The quantitative estimate of drug-likeness (QED) is 0.572. The molecule has 3 N–H and O–H groups in total. The van der Waals surface area contributed by atoms with Crippen molar-refractivity contribution >= 4 is 23.4 Å². The standard InChI is InChI=1S/C13H18F2N2O2S/c1-19-8-2-3-11(16)12(18)17-9-4-6-10(7-5-9)20-13(14)15/h4-7,11,13H,2-3,8,16H2,1H3,(H,17,18). The molecule has 0 bridgehead atoms. The topological polar surface area (TPSA) is 64.3 Å². The van der Waals surface area contributed by atoms with Gasteiger partial charge in [-0.1, -0.05) is 11.8 Å². The third kappa shape index (κ3) is 6.31. The number of anilines is 1. The van der Waals surface area contributed by atoms with Crippen molar-refractivity contribution in [2.24, 2.45) is 5.73 Å². The van der Waals surface area contributed by atoms with Gasteiger partial charge in [0.15, 0.2) is 0 Å². The summed E-state index contributed by atoms with van der Waals surface area (Å²) < 4.78 is 29.2. The van der Waals surface area contributed by atoms with E-state index in [4.69, 9.17) is 10.5 Å². The number of ether oxygens (including phenoxy) is 1. The lowest BCUT2D eigenvalue weighted by Gasteiger charge is -2.12. The number of nitrogens with one attached hydrogen (secondary N) is 1. The van der Waals surface area contributed by atoms with Gasteiger partial charge in [0.25, 0.3) is 5.76 Å². The van der Waals surface area contributed by atoms with E-state index in [1.807, 2.05) is 0 Å². The van der Waals surface area contributed by atoms with Gasteiger partial charge in [-0.15, -0.1) is 0 Å². The van der Waals surface area contributed by atoms with E-state index in [2.05, 4.69) is 5.32 Å². The largest absolute Gasteiger partial charge is 0.385 e. The highest BCUT2D eigenvalue weighted by Gasteiger charge is 2.13. The number of rotatable bonds is 8. The molecule has 0 aromatic heterocycles. The van der Waals surface area contributed by atoms with Gasteiger partial charge in [-0.3, -0.25) is 4.79 Å². The van der Waals surface area contributed by atoms with Crippen molar-refractivity contribution in [3.8, 4) is 0 Å². The van der Waals surface area contributed by atoms with Crippen molar-refractivity contribution in [1.82, 2.24) is 0 Å². The summed E-state index contributed by atoms with van der Waals surface area (Å²) in [5.74, 6) is -2.75. The normalized spacial score (nSPS) is 12.4. The predicted octanol–water partition coefficient (Wildman–Crippen LogP) is 2.69. The molecule has 0 saturated heterocycles. The van der Waals surface area contributed by atoms with E-state index in [0.29, 0.717) is 41.8 Å². The molecule has 1 rings (SSSR count). The van der Waals surface area contributed by atoms with Crippen molar-refractivity contribution in [1.29, 1.82) is 0 Å². The molecule has 1 aromatic carbocycles. The SMILES string of the molecule is COCCCC(N)C(=O)Nc1ccc(SC(F)F)cc1. The zero-order valence-electron chi connectivity index (χ0n) is 11.1. The lowest BCUT2D eigenvalue weighted by atomic mass is 10.1. The Labute approximate surface area is 121 Å². The van der Waals surface area contributed by atoms with E-state index in [9.17, 15) is 13.6 Å². The summed E-state index contributed by atoms with van der Waals surface area (Å²) in [4.78, 5) is 12.2. The summed E-state index contributed by atoms with van der Waals surface area (Å²) in [5, 5.41) is 2.65. The second kappa shape index (κ2) is 8.89. The summed E-state index contributed by atoms with van der Waals surface area (Å²) in [6.45, 7) is 0.556. The molecule has 1 atom stereocenters. The molecule has 1 unspecified atom stereocenters.